The van der Waals surface area contributed by atoms with Gasteiger partial charge >= 0.3 is 0 Å². The van der Waals surface area contributed by atoms with Gasteiger partial charge in [0, 0.05) is 11.6 Å². The summed E-state index contributed by atoms with van der Waals surface area (Å²) in [4.78, 5) is 11.0. The van der Waals surface area contributed by atoms with Gasteiger partial charge in [-0.1, -0.05) is 11.6 Å². The molecule has 2 nitrogen and oxygen atoms in total. The van der Waals surface area contributed by atoms with E-state index in [1.165, 1.54) is 0 Å². The fourth-order valence-corrected chi connectivity index (χ4v) is 1.62. The smallest absolute Gasteiger partial charge is 0.153 e. The lowest BCUT2D eigenvalue weighted by molar-refractivity contribution is 0.112. The Balaban J connectivity index is 3.10. The number of halogens is 1. The van der Waals surface area contributed by atoms with E-state index in [0.29, 0.717) is 21.8 Å². The van der Waals surface area contributed by atoms with Crippen LogP contribution in [0.25, 0.3) is 0 Å². The van der Waals surface area contributed by atoms with Crippen molar-refractivity contribution in [2.75, 3.05) is 6.26 Å². The zero-order valence-corrected chi connectivity index (χ0v) is 7.98. The molecule has 0 spiro atoms. The van der Waals surface area contributed by atoms with Crippen molar-refractivity contribution in [1.29, 1.82) is 0 Å². The molecule has 0 fully saturated rings. The van der Waals surface area contributed by atoms with Crippen LogP contribution in [0.3, 0.4) is 0 Å². The van der Waals surface area contributed by atoms with Crippen molar-refractivity contribution in [1.82, 2.24) is 0 Å². The molecule has 0 heterocycles. The van der Waals surface area contributed by atoms with Gasteiger partial charge in [-0.3, -0.25) is 4.79 Å². The van der Waals surface area contributed by atoms with Crippen molar-refractivity contribution in [2.45, 2.75) is 4.90 Å². The Morgan fingerprint density at radius 1 is 1.58 bits per heavy atom. The highest BCUT2D eigenvalue weighted by molar-refractivity contribution is 7.90. The topological polar surface area (TPSA) is 40.1 Å². The molecule has 4 heteroatoms. The van der Waals surface area contributed by atoms with Gasteiger partial charge in [0.2, 0.25) is 0 Å². The Labute approximate surface area is 78.7 Å². The molecule has 1 atom stereocenters. The summed E-state index contributed by atoms with van der Waals surface area (Å²) in [5.41, 5.74) is 0.422. The molecule has 0 saturated carbocycles. The standard InChI is InChI=1S/C8H7ClO2S/c1-12(11)7-3-2-6(5-10)8(9)4-7/h2-5H,1H3. The van der Waals surface area contributed by atoms with Gasteiger partial charge in [-0.25, -0.2) is 0 Å². The second-order valence-corrected chi connectivity index (χ2v) is 4.04. The fourth-order valence-electron chi connectivity index (χ4n) is 0.782. The van der Waals surface area contributed by atoms with Crippen LogP contribution in [-0.4, -0.2) is 17.1 Å². The Morgan fingerprint density at radius 3 is 2.67 bits per heavy atom. The normalized spacial score (nSPS) is 12.6. The van der Waals surface area contributed by atoms with E-state index in [1.807, 2.05) is 0 Å². The van der Waals surface area contributed by atoms with Gasteiger partial charge in [0.25, 0.3) is 0 Å². The highest BCUT2D eigenvalue weighted by atomic mass is 35.5. The lowest BCUT2D eigenvalue weighted by Crippen LogP contribution is -1.97. The lowest BCUT2D eigenvalue weighted by Gasteiger charge is -2.04. The molecule has 0 bridgehead atoms. The molecule has 1 aromatic rings. The maximum atomic E-state index is 11.0. The van der Waals surface area contributed by atoms with Gasteiger partial charge in [-0.05, 0) is 23.3 Å². The molecule has 0 aliphatic carbocycles. The minimum atomic E-state index is -1.05. The maximum Gasteiger partial charge on any atom is 0.153 e. The second-order valence-electron chi connectivity index (χ2n) is 2.26. The van der Waals surface area contributed by atoms with Crippen molar-refractivity contribution in [3.8, 4) is 0 Å². The van der Waals surface area contributed by atoms with Crippen LogP contribution in [-0.2, 0) is 11.2 Å². The highest BCUT2D eigenvalue weighted by Gasteiger charge is 2.06. The van der Waals surface area contributed by atoms with Gasteiger partial charge in [0.15, 0.2) is 11.2 Å². The molecule has 1 aromatic carbocycles. The zero-order chi connectivity index (χ0) is 9.14. The highest BCUT2D eigenvalue weighted by Crippen LogP contribution is 2.19. The Hall–Kier alpha value is -0.510. The van der Waals surface area contributed by atoms with Crippen LogP contribution in [0.5, 0.6) is 0 Å². The van der Waals surface area contributed by atoms with Crippen LogP contribution in [0.2, 0.25) is 5.02 Å². The summed E-state index contributed by atoms with van der Waals surface area (Å²) >= 11 is 4.66. The van der Waals surface area contributed by atoms with E-state index < -0.39 is 11.2 Å². The number of benzene rings is 1. The molecule has 1 unspecified atom stereocenters. The van der Waals surface area contributed by atoms with E-state index in [9.17, 15) is 9.35 Å². The van der Waals surface area contributed by atoms with Gasteiger partial charge in [-0.15, -0.1) is 0 Å². The van der Waals surface area contributed by atoms with Gasteiger partial charge < -0.3 is 4.55 Å². The van der Waals surface area contributed by atoms with Crippen LogP contribution < -0.4 is 0 Å². The largest absolute Gasteiger partial charge is 0.612 e. The summed E-state index contributed by atoms with van der Waals surface area (Å²) in [5, 5.41) is 0.345. The number of carbonyl (C=O) groups excluding carboxylic acids is 1. The molecule has 1 rings (SSSR count). The third kappa shape index (κ3) is 2.00. The average molecular weight is 203 g/mol. The third-order valence-electron chi connectivity index (χ3n) is 1.43. The number of hydrogen-bond acceptors (Lipinski definition) is 2. The molecule has 0 radical (unpaired) electrons. The summed E-state index contributed by atoms with van der Waals surface area (Å²) in [6, 6.07) is 4.74. The Kier molecular flexibility index (Phi) is 3.14. The van der Waals surface area contributed by atoms with Gasteiger partial charge in [0.05, 0.1) is 5.02 Å². The van der Waals surface area contributed by atoms with Crippen LogP contribution >= 0.6 is 11.6 Å². The van der Waals surface area contributed by atoms with E-state index in [0.717, 1.165) is 0 Å². The van der Waals surface area contributed by atoms with Gasteiger partial charge in [0.1, 0.15) is 6.26 Å². The second kappa shape index (κ2) is 3.94. The summed E-state index contributed by atoms with van der Waals surface area (Å²) in [7, 11) is 0. The first-order chi connectivity index (χ1) is 5.65. The summed E-state index contributed by atoms with van der Waals surface area (Å²) < 4.78 is 11.0. The van der Waals surface area contributed by atoms with Crippen LogP contribution in [0.4, 0.5) is 0 Å². The average Bonchev–Trinajstić information content (AvgIpc) is 2.04. The molecule has 0 saturated heterocycles. The summed E-state index contributed by atoms with van der Waals surface area (Å²) in [6.45, 7) is 0. The molecule has 12 heavy (non-hydrogen) atoms. The van der Waals surface area contributed by atoms with Crippen molar-refractivity contribution in [3.05, 3.63) is 28.8 Å². The molecule has 0 aromatic heterocycles. The predicted octanol–water partition coefficient (Wildman–Crippen LogP) is 1.89. The van der Waals surface area contributed by atoms with E-state index in [2.05, 4.69) is 0 Å². The van der Waals surface area contributed by atoms with Crippen molar-refractivity contribution >= 4 is 29.1 Å². The van der Waals surface area contributed by atoms with E-state index in [4.69, 9.17) is 11.6 Å². The number of rotatable bonds is 2. The number of hydrogen-bond donors (Lipinski definition) is 0. The van der Waals surface area contributed by atoms with Crippen LogP contribution in [0.15, 0.2) is 23.1 Å². The fraction of sp³-hybridized carbons (Fsp3) is 0.125. The molecular formula is C8H7ClO2S. The monoisotopic (exact) mass is 202 g/mol. The minimum Gasteiger partial charge on any atom is -0.612 e. The molecule has 64 valence electrons. The third-order valence-corrected chi connectivity index (χ3v) is 2.68. The zero-order valence-electron chi connectivity index (χ0n) is 6.41. The molecule has 0 amide bonds. The van der Waals surface area contributed by atoms with Crippen molar-refractivity contribution in [3.63, 3.8) is 0 Å². The number of carbonyl (C=O) groups is 1. The van der Waals surface area contributed by atoms with E-state index >= 15 is 0 Å². The first kappa shape index (κ1) is 9.58. The number of aldehydes is 1. The van der Waals surface area contributed by atoms with Crippen molar-refractivity contribution in [2.24, 2.45) is 0 Å². The Morgan fingerprint density at radius 2 is 2.25 bits per heavy atom. The van der Waals surface area contributed by atoms with Crippen molar-refractivity contribution < 1.29 is 9.35 Å². The maximum absolute atomic E-state index is 11.0. The van der Waals surface area contributed by atoms with Crippen LogP contribution in [0.1, 0.15) is 10.4 Å². The van der Waals surface area contributed by atoms with Crippen LogP contribution in [0, 0.1) is 0 Å². The summed E-state index contributed by atoms with van der Waals surface area (Å²) in [5.74, 6) is 0. The first-order valence-corrected chi connectivity index (χ1v) is 5.17. The first-order valence-electron chi connectivity index (χ1n) is 3.23. The summed E-state index contributed by atoms with van der Waals surface area (Å²) in [6.07, 6.45) is 2.23. The molecule has 0 aliphatic heterocycles. The SMILES string of the molecule is C[S+]([O-])c1ccc(C=O)c(Cl)c1. The molecule has 0 N–H and O–H groups in total. The minimum absolute atomic E-state index is 0.345. The quantitative estimate of drug-likeness (QED) is 0.543. The predicted molar refractivity (Wildman–Crippen MR) is 49.2 cm³/mol. The van der Waals surface area contributed by atoms with Gasteiger partial charge in [-0.2, -0.15) is 0 Å². The van der Waals surface area contributed by atoms with E-state index in [1.54, 1.807) is 24.5 Å². The lowest BCUT2D eigenvalue weighted by atomic mass is 10.2. The Bertz CT molecular complexity index is 299. The molecule has 0 aliphatic rings. The molecular weight excluding hydrogens is 196 g/mol. The van der Waals surface area contributed by atoms with E-state index in [-0.39, 0.29) is 0 Å².